The van der Waals surface area contributed by atoms with Gasteiger partial charge in [0.25, 0.3) is 0 Å². The van der Waals surface area contributed by atoms with Crippen molar-refractivity contribution in [2.75, 3.05) is 11.9 Å². The highest BCUT2D eigenvalue weighted by Crippen LogP contribution is 2.31. The molecule has 1 saturated heterocycles. The van der Waals surface area contributed by atoms with Crippen molar-refractivity contribution in [2.45, 2.75) is 25.8 Å². The molecule has 0 aliphatic carbocycles. The van der Waals surface area contributed by atoms with E-state index in [-0.39, 0.29) is 11.9 Å². The first-order chi connectivity index (χ1) is 8.26. The molecule has 1 amide bonds. The number of amides is 1. The summed E-state index contributed by atoms with van der Waals surface area (Å²) in [6, 6.07) is 4.16. The molecule has 0 spiro atoms. The maximum atomic E-state index is 12.0. The first-order valence-electron chi connectivity index (χ1n) is 6.01. The van der Waals surface area contributed by atoms with E-state index in [1.807, 2.05) is 17.2 Å². The van der Waals surface area contributed by atoms with E-state index in [2.05, 4.69) is 33.9 Å². The molecule has 2 atom stereocenters. The predicted octanol–water partition coefficient (Wildman–Crippen LogP) is 2.78. The monoisotopic (exact) mass is 296 g/mol. The van der Waals surface area contributed by atoms with E-state index in [0.29, 0.717) is 12.3 Å². The van der Waals surface area contributed by atoms with Gasteiger partial charge in [-0.25, -0.2) is 0 Å². The van der Waals surface area contributed by atoms with Gasteiger partial charge in [0, 0.05) is 30.7 Å². The van der Waals surface area contributed by atoms with E-state index < -0.39 is 0 Å². The molecule has 1 aliphatic rings. The Morgan fingerprint density at radius 1 is 1.65 bits per heavy atom. The van der Waals surface area contributed by atoms with Gasteiger partial charge in [-0.2, -0.15) is 0 Å². The second-order valence-electron chi connectivity index (χ2n) is 4.48. The average Bonchev–Trinajstić information content (AvgIpc) is 2.73. The highest BCUT2D eigenvalue weighted by Gasteiger charge is 2.33. The highest BCUT2D eigenvalue weighted by molar-refractivity contribution is 9.09. The summed E-state index contributed by atoms with van der Waals surface area (Å²) < 4.78 is 0. The molecular formula is C13H17BrN2O. The largest absolute Gasteiger partial charge is 0.335 e. The van der Waals surface area contributed by atoms with Gasteiger partial charge in [0.15, 0.2) is 0 Å². The van der Waals surface area contributed by atoms with Gasteiger partial charge in [0.1, 0.15) is 0 Å². The Bertz CT molecular complexity index is 382. The third kappa shape index (κ3) is 2.68. The maximum Gasteiger partial charge on any atom is 0.223 e. The van der Waals surface area contributed by atoms with E-state index in [0.717, 1.165) is 23.9 Å². The Morgan fingerprint density at radius 2 is 2.47 bits per heavy atom. The van der Waals surface area contributed by atoms with Gasteiger partial charge >= 0.3 is 0 Å². The van der Waals surface area contributed by atoms with Gasteiger partial charge in [-0.05, 0) is 24.0 Å². The Labute approximate surface area is 110 Å². The van der Waals surface area contributed by atoms with Crippen molar-refractivity contribution in [3.8, 4) is 0 Å². The number of nitrogens with zero attached hydrogens (tertiary/aromatic N) is 2. The molecule has 0 bridgehead atoms. The van der Waals surface area contributed by atoms with Crippen molar-refractivity contribution in [1.29, 1.82) is 0 Å². The number of hydrogen-bond acceptors (Lipinski definition) is 2. The van der Waals surface area contributed by atoms with Crippen LogP contribution in [0.25, 0.3) is 0 Å². The standard InChI is InChI=1S/C13H17BrN2O/c1-2-12(11-4-3-5-15-8-11)16-9-10(7-14)6-13(16)17/h3-5,8,10,12H,2,6-7,9H2,1H3. The van der Waals surface area contributed by atoms with Gasteiger partial charge in [0.2, 0.25) is 5.91 Å². The topological polar surface area (TPSA) is 33.2 Å². The Hall–Kier alpha value is -0.900. The van der Waals surface area contributed by atoms with Crippen LogP contribution in [0.15, 0.2) is 24.5 Å². The summed E-state index contributed by atoms with van der Waals surface area (Å²) in [5.41, 5.74) is 1.14. The zero-order chi connectivity index (χ0) is 12.3. The van der Waals surface area contributed by atoms with Crippen molar-refractivity contribution in [1.82, 2.24) is 9.88 Å². The zero-order valence-electron chi connectivity index (χ0n) is 9.97. The van der Waals surface area contributed by atoms with Gasteiger partial charge in [-0.1, -0.05) is 28.9 Å². The number of halogens is 1. The summed E-state index contributed by atoms with van der Waals surface area (Å²) in [5, 5.41) is 0.902. The van der Waals surface area contributed by atoms with Crippen LogP contribution >= 0.6 is 15.9 Å². The summed E-state index contributed by atoms with van der Waals surface area (Å²) >= 11 is 3.47. The summed E-state index contributed by atoms with van der Waals surface area (Å²) in [5.74, 6) is 0.721. The minimum atomic E-state index is 0.181. The van der Waals surface area contributed by atoms with E-state index >= 15 is 0 Å². The molecule has 1 fully saturated rings. The highest BCUT2D eigenvalue weighted by atomic mass is 79.9. The number of hydrogen-bond donors (Lipinski definition) is 0. The van der Waals surface area contributed by atoms with E-state index in [4.69, 9.17) is 0 Å². The molecule has 1 aliphatic heterocycles. The minimum absolute atomic E-state index is 0.181. The molecule has 0 saturated carbocycles. The second kappa shape index (κ2) is 5.63. The average molecular weight is 297 g/mol. The molecule has 2 unspecified atom stereocenters. The van der Waals surface area contributed by atoms with Crippen LogP contribution in [0, 0.1) is 5.92 Å². The second-order valence-corrected chi connectivity index (χ2v) is 5.13. The normalized spacial score (nSPS) is 21.9. The van der Waals surface area contributed by atoms with Crippen LogP contribution < -0.4 is 0 Å². The summed E-state index contributed by atoms with van der Waals surface area (Å²) in [7, 11) is 0. The van der Waals surface area contributed by atoms with Crippen LogP contribution in [0.5, 0.6) is 0 Å². The minimum Gasteiger partial charge on any atom is -0.335 e. The summed E-state index contributed by atoms with van der Waals surface area (Å²) in [6.45, 7) is 2.98. The molecule has 3 nitrogen and oxygen atoms in total. The zero-order valence-corrected chi connectivity index (χ0v) is 11.6. The molecule has 1 aromatic heterocycles. The number of carbonyl (C=O) groups excluding carboxylic acids is 1. The van der Waals surface area contributed by atoms with E-state index in [1.165, 1.54) is 0 Å². The number of aromatic nitrogens is 1. The number of likely N-dealkylation sites (tertiary alicyclic amines) is 1. The van der Waals surface area contributed by atoms with Crippen molar-refractivity contribution in [3.63, 3.8) is 0 Å². The van der Waals surface area contributed by atoms with Crippen LogP contribution in [0.4, 0.5) is 0 Å². The smallest absolute Gasteiger partial charge is 0.223 e. The molecule has 2 heterocycles. The number of alkyl halides is 1. The van der Waals surface area contributed by atoms with Gasteiger partial charge in [-0.15, -0.1) is 0 Å². The summed E-state index contributed by atoms with van der Waals surface area (Å²) in [6.07, 6.45) is 5.24. The number of pyridine rings is 1. The van der Waals surface area contributed by atoms with Gasteiger partial charge in [-0.3, -0.25) is 9.78 Å². The van der Waals surface area contributed by atoms with Crippen molar-refractivity contribution in [2.24, 2.45) is 5.92 Å². The molecule has 0 N–H and O–H groups in total. The summed E-state index contributed by atoms with van der Waals surface area (Å²) in [4.78, 5) is 18.1. The molecule has 17 heavy (non-hydrogen) atoms. The molecular weight excluding hydrogens is 280 g/mol. The van der Waals surface area contributed by atoms with E-state index in [9.17, 15) is 4.79 Å². The van der Waals surface area contributed by atoms with Crippen LogP contribution in [0.2, 0.25) is 0 Å². The quantitative estimate of drug-likeness (QED) is 0.801. The van der Waals surface area contributed by atoms with Crippen LogP contribution in [0.3, 0.4) is 0 Å². The fourth-order valence-corrected chi connectivity index (χ4v) is 2.86. The van der Waals surface area contributed by atoms with Crippen LogP contribution in [-0.4, -0.2) is 27.7 Å². The SMILES string of the molecule is CCC(c1cccnc1)N1CC(CBr)CC1=O. The lowest BCUT2D eigenvalue weighted by molar-refractivity contribution is -0.129. The molecule has 0 radical (unpaired) electrons. The fraction of sp³-hybridized carbons (Fsp3) is 0.538. The molecule has 1 aromatic rings. The Kier molecular flexibility index (Phi) is 4.15. The first kappa shape index (κ1) is 12.6. The number of rotatable bonds is 4. The van der Waals surface area contributed by atoms with Crippen LogP contribution in [-0.2, 0) is 4.79 Å². The van der Waals surface area contributed by atoms with Crippen molar-refractivity contribution in [3.05, 3.63) is 30.1 Å². The lowest BCUT2D eigenvalue weighted by Crippen LogP contribution is -2.30. The maximum absolute atomic E-state index is 12.0. The van der Waals surface area contributed by atoms with Crippen molar-refractivity contribution >= 4 is 21.8 Å². The first-order valence-corrected chi connectivity index (χ1v) is 7.13. The molecule has 0 aromatic carbocycles. The Balaban J connectivity index is 2.17. The lowest BCUT2D eigenvalue weighted by Gasteiger charge is -2.27. The third-order valence-electron chi connectivity index (χ3n) is 3.29. The predicted molar refractivity (Wildman–Crippen MR) is 70.9 cm³/mol. The molecule has 4 heteroatoms. The molecule has 92 valence electrons. The Morgan fingerprint density at radius 3 is 3.00 bits per heavy atom. The number of carbonyl (C=O) groups is 1. The fourth-order valence-electron chi connectivity index (χ4n) is 2.42. The van der Waals surface area contributed by atoms with E-state index in [1.54, 1.807) is 6.20 Å². The lowest BCUT2D eigenvalue weighted by atomic mass is 10.1. The van der Waals surface area contributed by atoms with Gasteiger partial charge in [0.05, 0.1) is 6.04 Å². The molecule has 2 rings (SSSR count). The van der Waals surface area contributed by atoms with Gasteiger partial charge < -0.3 is 4.90 Å². The third-order valence-corrected chi connectivity index (χ3v) is 4.20. The van der Waals surface area contributed by atoms with Crippen LogP contribution in [0.1, 0.15) is 31.4 Å². The van der Waals surface area contributed by atoms with Crippen molar-refractivity contribution < 1.29 is 4.79 Å².